The first-order valence-electron chi connectivity index (χ1n) is 5.03. The van der Waals surface area contributed by atoms with Crippen molar-refractivity contribution in [1.29, 1.82) is 0 Å². The third-order valence-electron chi connectivity index (χ3n) is 2.16. The van der Waals surface area contributed by atoms with E-state index in [1.165, 1.54) is 6.26 Å². The maximum atomic E-state index is 11.0. The predicted octanol–water partition coefficient (Wildman–Crippen LogP) is 0.168. The number of nitrogens with one attached hydrogen (secondary N) is 1. The van der Waals surface area contributed by atoms with E-state index in [1.54, 1.807) is 6.26 Å². The monoisotopic (exact) mass is 255 g/mol. The SMILES string of the molecule is CC(CCNCCCS(C)(=O)=O)S(C)=O. The van der Waals surface area contributed by atoms with Gasteiger partial charge in [0.25, 0.3) is 0 Å². The molecule has 0 aromatic carbocycles. The van der Waals surface area contributed by atoms with Crippen LogP contribution >= 0.6 is 0 Å². The summed E-state index contributed by atoms with van der Waals surface area (Å²) >= 11 is 0. The Balaban J connectivity index is 3.37. The molecular formula is C9H21NO3S2. The zero-order valence-electron chi connectivity index (χ0n) is 9.65. The van der Waals surface area contributed by atoms with Gasteiger partial charge in [0, 0.05) is 28.6 Å². The maximum Gasteiger partial charge on any atom is 0.147 e. The lowest BCUT2D eigenvalue weighted by Gasteiger charge is -2.08. The van der Waals surface area contributed by atoms with E-state index in [0.717, 1.165) is 13.0 Å². The minimum atomic E-state index is -2.83. The lowest BCUT2D eigenvalue weighted by atomic mass is 10.3. The molecule has 4 nitrogen and oxygen atoms in total. The van der Waals surface area contributed by atoms with Gasteiger partial charge in [0.1, 0.15) is 9.84 Å². The van der Waals surface area contributed by atoms with E-state index in [1.807, 2.05) is 6.92 Å². The van der Waals surface area contributed by atoms with Crippen molar-refractivity contribution in [2.45, 2.75) is 25.0 Å². The van der Waals surface area contributed by atoms with Crippen LogP contribution in [0.5, 0.6) is 0 Å². The average molecular weight is 255 g/mol. The molecule has 15 heavy (non-hydrogen) atoms. The minimum absolute atomic E-state index is 0.201. The van der Waals surface area contributed by atoms with Crippen LogP contribution in [0.3, 0.4) is 0 Å². The summed E-state index contributed by atoms with van der Waals surface area (Å²) < 4.78 is 32.6. The van der Waals surface area contributed by atoms with Gasteiger partial charge in [-0.1, -0.05) is 6.92 Å². The highest BCUT2D eigenvalue weighted by molar-refractivity contribution is 7.90. The lowest BCUT2D eigenvalue weighted by molar-refractivity contribution is 0.590. The summed E-state index contributed by atoms with van der Waals surface area (Å²) in [5.41, 5.74) is 0. The van der Waals surface area contributed by atoms with Gasteiger partial charge in [-0.2, -0.15) is 0 Å². The van der Waals surface area contributed by atoms with Crippen LogP contribution < -0.4 is 5.32 Å². The van der Waals surface area contributed by atoms with Gasteiger partial charge >= 0.3 is 0 Å². The van der Waals surface area contributed by atoms with Crippen molar-refractivity contribution in [2.24, 2.45) is 0 Å². The molecule has 0 spiro atoms. The van der Waals surface area contributed by atoms with E-state index in [0.29, 0.717) is 13.0 Å². The largest absolute Gasteiger partial charge is 0.317 e. The van der Waals surface area contributed by atoms with Gasteiger partial charge in [0.05, 0.1) is 5.75 Å². The second kappa shape index (κ2) is 7.35. The summed E-state index contributed by atoms with van der Waals surface area (Å²) in [4.78, 5) is 0. The third-order valence-corrected chi connectivity index (χ3v) is 4.56. The molecule has 0 aromatic heterocycles. The molecule has 92 valence electrons. The second-order valence-corrected chi connectivity index (χ2v) is 7.89. The third kappa shape index (κ3) is 10.3. The van der Waals surface area contributed by atoms with Gasteiger partial charge in [-0.05, 0) is 25.9 Å². The highest BCUT2D eigenvalue weighted by atomic mass is 32.2. The number of hydrogen-bond acceptors (Lipinski definition) is 4. The zero-order chi connectivity index (χ0) is 11.9. The lowest BCUT2D eigenvalue weighted by Crippen LogP contribution is -2.23. The molecule has 0 heterocycles. The van der Waals surface area contributed by atoms with Crippen molar-refractivity contribution in [3.63, 3.8) is 0 Å². The normalized spacial score (nSPS) is 16.2. The first-order valence-corrected chi connectivity index (χ1v) is 8.72. The maximum absolute atomic E-state index is 11.0. The molecule has 0 aliphatic heterocycles. The molecule has 0 aliphatic rings. The Bertz CT molecular complexity index is 288. The van der Waals surface area contributed by atoms with E-state index in [2.05, 4.69) is 5.32 Å². The Morgan fingerprint density at radius 3 is 2.40 bits per heavy atom. The van der Waals surface area contributed by atoms with E-state index in [-0.39, 0.29) is 11.0 Å². The van der Waals surface area contributed by atoms with E-state index < -0.39 is 20.6 Å². The fourth-order valence-electron chi connectivity index (χ4n) is 1.06. The Morgan fingerprint density at radius 1 is 1.33 bits per heavy atom. The standard InChI is InChI=1S/C9H21NO3S2/c1-9(14(2)11)5-7-10-6-4-8-15(3,12)13/h9-10H,4-8H2,1-3H3. The highest BCUT2D eigenvalue weighted by Crippen LogP contribution is 1.97. The van der Waals surface area contributed by atoms with Crippen molar-refractivity contribution in [1.82, 2.24) is 5.32 Å². The van der Waals surface area contributed by atoms with Gasteiger partial charge < -0.3 is 5.32 Å². The number of rotatable bonds is 8. The zero-order valence-corrected chi connectivity index (χ0v) is 11.3. The molecular weight excluding hydrogens is 234 g/mol. The van der Waals surface area contributed by atoms with E-state index >= 15 is 0 Å². The Kier molecular flexibility index (Phi) is 7.38. The van der Waals surface area contributed by atoms with Gasteiger partial charge in [-0.3, -0.25) is 4.21 Å². The Morgan fingerprint density at radius 2 is 1.93 bits per heavy atom. The van der Waals surface area contributed by atoms with Crippen LogP contribution in [0.2, 0.25) is 0 Å². The Labute approximate surface area is 95.2 Å². The molecule has 6 heteroatoms. The minimum Gasteiger partial charge on any atom is -0.317 e. The van der Waals surface area contributed by atoms with Crippen molar-refractivity contribution in [3.05, 3.63) is 0 Å². The highest BCUT2D eigenvalue weighted by Gasteiger charge is 2.05. The van der Waals surface area contributed by atoms with Crippen LogP contribution in [0, 0.1) is 0 Å². The van der Waals surface area contributed by atoms with Crippen LogP contribution in [0.1, 0.15) is 19.8 Å². The second-order valence-electron chi connectivity index (χ2n) is 3.83. The molecule has 0 amide bonds. The quantitative estimate of drug-likeness (QED) is 0.628. The summed E-state index contributed by atoms with van der Waals surface area (Å²) in [5.74, 6) is 0.231. The molecule has 0 saturated heterocycles. The van der Waals surface area contributed by atoms with Gasteiger partial charge in [0.15, 0.2) is 0 Å². The first-order chi connectivity index (χ1) is 6.83. The molecule has 2 unspecified atom stereocenters. The molecule has 1 N–H and O–H groups in total. The fourth-order valence-corrected chi connectivity index (χ4v) is 2.17. The summed E-state index contributed by atoms with van der Waals surface area (Å²) in [5, 5.41) is 3.35. The van der Waals surface area contributed by atoms with Crippen molar-refractivity contribution < 1.29 is 12.6 Å². The smallest absolute Gasteiger partial charge is 0.147 e. The Hall–Kier alpha value is 0.0600. The van der Waals surface area contributed by atoms with Crippen LogP contribution in [-0.2, 0) is 20.6 Å². The molecule has 0 bridgehead atoms. The summed E-state index contributed by atoms with van der Waals surface area (Å²) in [6.45, 7) is 3.45. The molecule has 0 aliphatic carbocycles. The van der Waals surface area contributed by atoms with Gasteiger partial charge in [-0.25, -0.2) is 8.42 Å². The van der Waals surface area contributed by atoms with Crippen LogP contribution in [-0.4, -0.2) is 49.2 Å². The molecule has 0 saturated carbocycles. The summed E-state index contributed by atoms with van der Waals surface area (Å²) in [6.07, 6.45) is 4.45. The van der Waals surface area contributed by atoms with Crippen molar-refractivity contribution >= 4 is 20.6 Å². The predicted molar refractivity (Wildman–Crippen MR) is 65.3 cm³/mol. The molecule has 2 atom stereocenters. The van der Waals surface area contributed by atoms with Crippen LogP contribution in [0.25, 0.3) is 0 Å². The van der Waals surface area contributed by atoms with Crippen LogP contribution in [0.15, 0.2) is 0 Å². The van der Waals surface area contributed by atoms with E-state index in [9.17, 15) is 12.6 Å². The topological polar surface area (TPSA) is 63.2 Å². The van der Waals surface area contributed by atoms with Crippen LogP contribution in [0.4, 0.5) is 0 Å². The average Bonchev–Trinajstić information content (AvgIpc) is 2.08. The molecule has 0 radical (unpaired) electrons. The number of sulfone groups is 1. The summed E-state index contributed by atoms with van der Waals surface area (Å²) in [6, 6.07) is 0. The van der Waals surface area contributed by atoms with Crippen molar-refractivity contribution in [2.75, 3.05) is 31.4 Å². The number of hydrogen-bond donors (Lipinski definition) is 1. The molecule has 0 rings (SSSR count). The van der Waals surface area contributed by atoms with E-state index in [4.69, 9.17) is 0 Å². The first kappa shape index (κ1) is 15.1. The molecule has 0 aromatic rings. The van der Waals surface area contributed by atoms with Crippen molar-refractivity contribution in [3.8, 4) is 0 Å². The fraction of sp³-hybridized carbons (Fsp3) is 1.00. The molecule has 0 fully saturated rings. The van der Waals surface area contributed by atoms with Gasteiger partial charge in [-0.15, -0.1) is 0 Å². The summed E-state index contributed by atoms with van der Waals surface area (Å²) in [7, 11) is -3.60. The van der Waals surface area contributed by atoms with Gasteiger partial charge in [0.2, 0.25) is 0 Å².